The van der Waals surface area contributed by atoms with Crippen molar-refractivity contribution in [1.82, 2.24) is 20.4 Å². The quantitative estimate of drug-likeness (QED) is 0.886. The maximum Gasteiger partial charge on any atom is 0.317 e. The fourth-order valence-corrected chi connectivity index (χ4v) is 2.74. The largest absolute Gasteiger partial charge is 0.393 e. The lowest BCUT2D eigenvalue weighted by Crippen LogP contribution is -2.42. The Kier molecular flexibility index (Phi) is 5.29. The second-order valence-electron chi connectivity index (χ2n) is 7.52. The smallest absolute Gasteiger partial charge is 0.317 e. The molecule has 0 aliphatic heterocycles. The number of carbonyl (C=O) groups is 1. The minimum Gasteiger partial charge on any atom is -0.393 e. The maximum absolute atomic E-state index is 12.3. The monoisotopic (exact) mass is 324 g/mol. The summed E-state index contributed by atoms with van der Waals surface area (Å²) in [6.45, 7) is 8.38. The third-order valence-corrected chi connectivity index (χ3v) is 4.30. The van der Waals surface area contributed by atoms with E-state index in [2.05, 4.69) is 15.5 Å². The number of amides is 2. The van der Waals surface area contributed by atoms with E-state index in [0.717, 1.165) is 19.3 Å². The second-order valence-corrected chi connectivity index (χ2v) is 7.52. The van der Waals surface area contributed by atoms with Crippen molar-refractivity contribution in [3.8, 4) is 0 Å². The number of aliphatic hydroxyl groups is 1. The number of rotatable bonds is 4. The van der Waals surface area contributed by atoms with Crippen LogP contribution in [0.4, 0.5) is 4.79 Å². The zero-order chi connectivity index (χ0) is 17.2. The summed E-state index contributed by atoms with van der Waals surface area (Å²) >= 11 is 0. The van der Waals surface area contributed by atoms with Crippen molar-refractivity contribution in [2.75, 3.05) is 13.6 Å². The van der Waals surface area contributed by atoms with Crippen molar-refractivity contribution >= 4 is 6.03 Å². The van der Waals surface area contributed by atoms with Crippen molar-refractivity contribution in [2.24, 2.45) is 5.92 Å². The van der Waals surface area contributed by atoms with Gasteiger partial charge < -0.3 is 19.8 Å². The molecule has 2 rings (SSSR count). The van der Waals surface area contributed by atoms with Crippen LogP contribution >= 0.6 is 0 Å². The van der Waals surface area contributed by atoms with Gasteiger partial charge in [0.25, 0.3) is 0 Å². The Labute approximate surface area is 137 Å². The van der Waals surface area contributed by atoms with Gasteiger partial charge in [0.2, 0.25) is 5.89 Å². The van der Waals surface area contributed by atoms with Gasteiger partial charge >= 0.3 is 6.03 Å². The van der Waals surface area contributed by atoms with Crippen LogP contribution < -0.4 is 5.32 Å². The molecule has 0 spiro atoms. The molecule has 1 heterocycles. The molecule has 23 heavy (non-hydrogen) atoms. The summed E-state index contributed by atoms with van der Waals surface area (Å²) in [5.74, 6) is 1.19. The van der Waals surface area contributed by atoms with Gasteiger partial charge in [0.15, 0.2) is 5.82 Å². The molecular formula is C16H28N4O3. The molecule has 130 valence electrons. The predicted octanol–water partition coefficient (Wildman–Crippen LogP) is 2.23. The van der Waals surface area contributed by atoms with E-state index >= 15 is 0 Å². The fraction of sp³-hybridized carbons (Fsp3) is 0.812. The topological polar surface area (TPSA) is 91.5 Å². The Hall–Kier alpha value is -1.63. The van der Waals surface area contributed by atoms with E-state index in [1.165, 1.54) is 0 Å². The molecule has 1 aliphatic rings. The SMILES string of the molecule is CC(NC(=O)N(C)CC1CCCC1O)c1nc(C(C)(C)C)no1. The lowest BCUT2D eigenvalue weighted by Gasteiger charge is -2.24. The van der Waals surface area contributed by atoms with Gasteiger partial charge in [-0.05, 0) is 19.8 Å². The minimum absolute atomic E-state index is 0.164. The van der Waals surface area contributed by atoms with E-state index in [-0.39, 0.29) is 29.5 Å². The van der Waals surface area contributed by atoms with Crippen LogP contribution in [0.2, 0.25) is 0 Å². The van der Waals surface area contributed by atoms with Crippen molar-refractivity contribution < 1.29 is 14.4 Å². The van der Waals surface area contributed by atoms with Gasteiger partial charge in [-0.25, -0.2) is 4.79 Å². The minimum atomic E-state index is -0.359. The number of carbonyl (C=O) groups excluding carboxylic acids is 1. The Balaban J connectivity index is 1.90. The Bertz CT molecular complexity index is 538. The molecule has 7 nitrogen and oxygen atoms in total. The van der Waals surface area contributed by atoms with Crippen LogP contribution in [0, 0.1) is 5.92 Å². The van der Waals surface area contributed by atoms with Crippen LogP contribution in [-0.4, -0.2) is 45.9 Å². The van der Waals surface area contributed by atoms with Crippen molar-refractivity contribution in [3.63, 3.8) is 0 Å². The first-order chi connectivity index (χ1) is 10.7. The summed E-state index contributed by atoms with van der Waals surface area (Å²) in [5.41, 5.74) is -0.194. The first kappa shape index (κ1) is 17.7. The molecule has 2 amide bonds. The molecule has 1 aromatic rings. The summed E-state index contributed by atoms with van der Waals surface area (Å²) in [6, 6.07) is -0.561. The average molecular weight is 324 g/mol. The first-order valence-electron chi connectivity index (χ1n) is 8.22. The zero-order valence-corrected chi connectivity index (χ0v) is 14.7. The molecular weight excluding hydrogens is 296 g/mol. The van der Waals surface area contributed by atoms with Gasteiger partial charge in [-0.2, -0.15) is 4.98 Å². The van der Waals surface area contributed by atoms with Gasteiger partial charge in [0, 0.05) is 24.9 Å². The second kappa shape index (κ2) is 6.86. The van der Waals surface area contributed by atoms with Crippen molar-refractivity contribution in [1.29, 1.82) is 0 Å². The summed E-state index contributed by atoms with van der Waals surface area (Å²) in [4.78, 5) is 18.2. The highest BCUT2D eigenvalue weighted by atomic mass is 16.5. The molecule has 1 aliphatic carbocycles. The third kappa shape index (κ3) is 4.43. The normalized spacial score (nSPS) is 22.9. The number of hydrogen-bond acceptors (Lipinski definition) is 5. The van der Waals surface area contributed by atoms with E-state index in [9.17, 15) is 9.90 Å². The van der Waals surface area contributed by atoms with Crippen LogP contribution in [0.5, 0.6) is 0 Å². The molecule has 0 aromatic carbocycles. The summed E-state index contributed by atoms with van der Waals surface area (Å²) < 4.78 is 5.25. The van der Waals surface area contributed by atoms with Crippen LogP contribution in [0.25, 0.3) is 0 Å². The maximum atomic E-state index is 12.3. The van der Waals surface area contributed by atoms with Gasteiger partial charge in [0.05, 0.1) is 6.10 Å². The molecule has 0 radical (unpaired) electrons. The average Bonchev–Trinajstić information content (AvgIpc) is 3.08. The molecule has 3 unspecified atom stereocenters. The number of nitrogens with zero attached hydrogens (tertiary/aromatic N) is 3. The molecule has 2 N–H and O–H groups in total. The fourth-order valence-electron chi connectivity index (χ4n) is 2.74. The van der Waals surface area contributed by atoms with Crippen LogP contribution in [0.15, 0.2) is 4.52 Å². The van der Waals surface area contributed by atoms with Gasteiger partial charge in [-0.15, -0.1) is 0 Å². The van der Waals surface area contributed by atoms with E-state index in [1.54, 1.807) is 11.9 Å². The lowest BCUT2D eigenvalue weighted by atomic mass is 9.96. The van der Waals surface area contributed by atoms with E-state index in [0.29, 0.717) is 18.3 Å². The van der Waals surface area contributed by atoms with E-state index in [4.69, 9.17) is 4.52 Å². The highest BCUT2D eigenvalue weighted by Crippen LogP contribution is 2.26. The summed E-state index contributed by atoms with van der Waals surface area (Å²) in [6.07, 6.45) is 2.52. The van der Waals surface area contributed by atoms with Crippen LogP contribution in [-0.2, 0) is 5.41 Å². The number of aromatic nitrogens is 2. The molecule has 1 saturated carbocycles. The van der Waals surface area contributed by atoms with Crippen LogP contribution in [0.1, 0.15) is 64.7 Å². The third-order valence-electron chi connectivity index (χ3n) is 4.30. The first-order valence-corrected chi connectivity index (χ1v) is 8.22. The summed E-state index contributed by atoms with van der Waals surface area (Å²) in [5, 5.41) is 16.7. The number of nitrogens with one attached hydrogen (secondary N) is 1. The van der Waals surface area contributed by atoms with Crippen molar-refractivity contribution in [2.45, 2.75) is 64.5 Å². The predicted molar refractivity (Wildman–Crippen MR) is 85.9 cm³/mol. The Morgan fingerprint density at radius 3 is 2.70 bits per heavy atom. The van der Waals surface area contributed by atoms with E-state index in [1.807, 2.05) is 27.7 Å². The highest BCUT2D eigenvalue weighted by Gasteiger charge is 2.28. The van der Waals surface area contributed by atoms with Crippen LogP contribution in [0.3, 0.4) is 0 Å². The summed E-state index contributed by atoms with van der Waals surface area (Å²) in [7, 11) is 1.74. The molecule has 7 heteroatoms. The number of aliphatic hydroxyl groups excluding tert-OH is 1. The molecule has 3 atom stereocenters. The molecule has 1 aromatic heterocycles. The van der Waals surface area contributed by atoms with Gasteiger partial charge in [0.1, 0.15) is 6.04 Å². The zero-order valence-electron chi connectivity index (χ0n) is 14.7. The Morgan fingerprint density at radius 2 is 2.17 bits per heavy atom. The van der Waals surface area contributed by atoms with Gasteiger partial charge in [-0.3, -0.25) is 0 Å². The highest BCUT2D eigenvalue weighted by molar-refractivity contribution is 5.74. The van der Waals surface area contributed by atoms with Gasteiger partial charge in [-0.1, -0.05) is 32.3 Å². The standard InChI is InChI=1S/C16H28N4O3/c1-10(13-18-14(19-23-13)16(2,3)4)17-15(22)20(5)9-11-7-6-8-12(11)21/h10-12,21H,6-9H2,1-5H3,(H,17,22). The molecule has 0 saturated heterocycles. The molecule has 0 bridgehead atoms. The van der Waals surface area contributed by atoms with Crippen molar-refractivity contribution in [3.05, 3.63) is 11.7 Å². The van der Waals surface area contributed by atoms with E-state index < -0.39 is 0 Å². The lowest BCUT2D eigenvalue weighted by molar-refractivity contribution is 0.113. The Morgan fingerprint density at radius 1 is 1.48 bits per heavy atom. The number of urea groups is 1. The molecule has 1 fully saturated rings. The number of hydrogen-bond donors (Lipinski definition) is 2.